The SMILES string of the molecule is OC(CSc1ccc(F)cc1)c1cc2cc(F)ccc2o1. The number of aliphatic hydroxyl groups excluding tert-OH is 1. The number of fused-ring (bicyclic) bond motifs is 1. The van der Waals surface area contributed by atoms with Crippen molar-refractivity contribution in [2.75, 3.05) is 5.75 Å². The van der Waals surface area contributed by atoms with Crippen LogP contribution in [-0.2, 0) is 0 Å². The van der Waals surface area contributed by atoms with E-state index in [4.69, 9.17) is 4.42 Å². The predicted molar refractivity (Wildman–Crippen MR) is 78.3 cm³/mol. The molecule has 0 aliphatic carbocycles. The average Bonchev–Trinajstić information content (AvgIpc) is 2.89. The van der Waals surface area contributed by atoms with Gasteiger partial charge in [-0.05, 0) is 48.5 Å². The van der Waals surface area contributed by atoms with Gasteiger partial charge in [0.05, 0.1) is 0 Å². The molecule has 1 heterocycles. The van der Waals surface area contributed by atoms with Crippen molar-refractivity contribution in [1.29, 1.82) is 0 Å². The summed E-state index contributed by atoms with van der Waals surface area (Å²) in [5.41, 5.74) is 0.539. The highest BCUT2D eigenvalue weighted by atomic mass is 32.2. The van der Waals surface area contributed by atoms with Gasteiger partial charge in [-0.2, -0.15) is 0 Å². The number of hydrogen-bond donors (Lipinski definition) is 1. The van der Waals surface area contributed by atoms with Gasteiger partial charge in [-0.3, -0.25) is 0 Å². The molecule has 0 spiro atoms. The molecule has 0 fully saturated rings. The lowest BCUT2D eigenvalue weighted by Crippen LogP contribution is -1.98. The molecule has 1 atom stereocenters. The highest BCUT2D eigenvalue weighted by molar-refractivity contribution is 7.99. The summed E-state index contributed by atoms with van der Waals surface area (Å²) in [5, 5.41) is 10.7. The van der Waals surface area contributed by atoms with Gasteiger partial charge < -0.3 is 9.52 Å². The molecule has 1 aromatic heterocycles. The third-order valence-corrected chi connectivity index (χ3v) is 4.14. The van der Waals surface area contributed by atoms with E-state index in [1.54, 1.807) is 18.2 Å². The Bertz CT molecular complexity index is 753. The maximum atomic E-state index is 13.1. The second-order valence-electron chi connectivity index (χ2n) is 4.61. The monoisotopic (exact) mass is 306 g/mol. The summed E-state index contributed by atoms with van der Waals surface area (Å²) in [6, 6.07) is 11.9. The molecule has 1 N–H and O–H groups in total. The van der Waals surface area contributed by atoms with Crippen molar-refractivity contribution < 1.29 is 18.3 Å². The minimum absolute atomic E-state index is 0.292. The highest BCUT2D eigenvalue weighted by Gasteiger charge is 2.14. The largest absolute Gasteiger partial charge is 0.458 e. The Balaban J connectivity index is 1.71. The van der Waals surface area contributed by atoms with Crippen LogP contribution in [0.2, 0.25) is 0 Å². The molecule has 0 bridgehead atoms. The van der Waals surface area contributed by atoms with Crippen LogP contribution in [0.5, 0.6) is 0 Å². The van der Waals surface area contributed by atoms with Crippen molar-refractivity contribution in [2.24, 2.45) is 0 Å². The van der Waals surface area contributed by atoms with Crippen molar-refractivity contribution >= 4 is 22.7 Å². The van der Waals surface area contributed by atoms with Crippen molar-refractivity contribution in [3.63, 3.8) is 0 Å². The fraction of sp³-hybridized carbons (Fsp3) is 0.125. The van der Waals surface area contributed by atoms with Crippen LogP contribution in [0.1, 0.15) is 11.9 Å². The first-order valence-electron chi connectivity index (χ1n) is 6.37. The fourth-order valence-electron chi connectivity index (χ4n) is 1.99. The predicted octanol–water partition coefficient (Wildman–Crippen LogP) is 4.54. The highest BCUT2D eigenvalue weighted by Crippen LogP contribution is 2.29. The minimum Gasteiger partial charge on any atom is -0.458 e. The summed E-state index contributed by atoms with van der Waals surface area (Å²) in [7, 11) is 0. The number of hydrogen-bond acceptors (Lipinski definition) is 3. The topological polar surface area (TPSA) is 33.4 Å². The summed E-state index contributed by atoms with van der Waals surface area (Å²) in [5.74, 6) is 0.128. The molecular weight excluding hydrogens is 294 g/mol. The van der Waals surface area contributed by atoms with Crippen LogP contribution in [-0.4, -0.2) is 10.9 Å². The van der Waals surface area contributed by atoms with E-state index in [2.05, 4.69) is 0 Å². The molecule has 108 valence electrons. The Morgan fingerprint density at radius 2 is 1.71 bits per heavy atom. The third kappa shape index (κ3) is 3.25. The summed E-state index contributed by atoms with van der Waals surface area (Å²) in [6.07, 6.45) is -0.810. The molecule has 0 radical (unpaired) electrons. The first kappa shape index (κ1) is 14.1. The molecule has 3 aromatic rings. The number of rotatable bonds is 4. The second kappa shape index (κ2) is 5.87. The maximum absolute atomic E-state index is 13.1. The Morgan fingerprint density at radius 1 is 1.00 bits per heavy atom. The Kier molecular flexibility index (Phi) is 3.94. The van der Waals surface area contributed by atoms with Gasteiger partial charge in [0, 0.05) is 16.0 Å². The van der Waals surface area contributed by atoms with E-state index in [0.29, 0.717) is 22.5 Å². The first-order valence-corrected chi connectivity index (χ1v) is 7.36. The smallest absolute Gasteiger partial charge is 0.134 e. The Morgan fingerprint density at radius 3 is 2.48 bits per heavy atom. The molecule has 0 amide bonds. The number of furan rings is 1. The van der Waals surface area contributed by atoms with E-state index in [-0.39, 0.29) is 11.6 Å². The van der Waals surface area contributed by atoms with Gasteiger partial charge in [0.15, 0.2) is 0 Å². The molecule has 3 rings (SSSR count). The number of thioether (sulfide) groups is 1. The number of benzene rings is 2. The summed E-state index contributed by atoms with van der Waals surface area (Å²) in [4.78, 5) is 0.859. The summed E-state index contributed by atoms with van der Waals surface area (Å²) in [6.45, 7) is 0. The van der Waals surface area contributed by atoms with Crippen LogP contribution in [0.3, 0.4) is 0 Å². The van der Waals surface area contributed by atoms with E-state index in [1.807, 2.05) is 0 Å². The lowest BCUT2D eigenvalue weighted by Gasteiger charge is -2.07. The van der Waals surface area contributed by atoms with Crippen LogP contribution in [0.4, 0.5) is 8.78 Å². The van der Waals surface area contributed by atoms with Gasteiger partial charge in [-0.25, -0.2) is 8.78 Å². The minimum atomic E-state index is -0.810. The summed E-state index contributed by atoms with van der Waals surface area (Å²) < 4.78 is 31.4. The van der Waals surface area contributed by atoms with E-state index >= 15 is 0 Å². The van der Waals surface area contributed by atoms with Gasteiger partial charge in [0.1, 0.15) is 29.1 Å². The lowest BCUT2D eigenvalue weighted by atomic mass is 10.2. The number of aliphatic hydroxyl groups is 1. The summed E-state index contributed by atoms with van der Waals surface area (Å²) >= 11 is 1.39. The van der Waals surface area contributed by atoms with E-state index in [0.717, 1.165) is 4.90 Å². The molecule has 21 heavy (non-hydrogen) atoms. The first-order chi connectivity index (χ1) is 10.1. The van der Waals surface area contributed by atoms with Gasteiger partial charge in [0.2, 0.25) is 0 Å². The molecule has 0 aliphatic rings. The average molecular weight is 306 g/mol. The maximum Gasteiger partial charge on any atom is 0.134 e. The fourth-order valence-corrected chi connectivity index (χ4v) is 2.83. The zero-order valence-corrected chi connectivity index (χ0v) is 11.7. The third-order valence-electron chi connectivity index (χ3n) is 3.05. The van der Waals surface area contributed by atoms with Gasteiger partial charge in [0.25, 0.3) is 0 Å². The van der Waals surface area contributed by atoms with Crippen molar-refractivity contribution in [2.45, 2.75) is 11.0 Å². The van der Waals surface area contributed by atoms with Gasteiger partial charge in [-0.1, -0.05) is 0 Å². The van der Waals surface area contributed by atoms with Crippen molar-refractivity contribution in [1.82, 2.24) is 0 Å². The van der Waals surface area contributed by atoms with E-state index in [9.17, 15) is 13.9 Å². The van der Waals surface area contributed by atoms with Crippen molar-refractivity contribution in [3.05, 3.63) is 65.9 Å². The van der Waals surface area contributed by atoms with Crippen molar-refractivity contribution in [3.8, 4) is 0 Å². The molecule has 0 saturated heterocycles. The van der Waals surface area contributed by atoms with Crippen LogP contribution in [0, 0.1) is 11.6 Å². The Labute approximate surface area is 124 Å². The molecule has 0 aliphatic heterocycles. The number of halogens is 2. The molecule has 1 unspecified atom stereocenters. The Hall–Kier alpha value is -1.85. The quantitative estimate of drug-likeness (QED) is 0.719. The molecule has 2 nitrogen and oxygen atoms in total. The van der Waals surface area contributed by atoms with Crippen LogP contribution < -0.4 is 0 Å². The standard InChI is InChI=1S/C16H12F2O2S/c17-11-1-4-13(5-2-11)21-9-14(19)16-8-10-7-12(18)3-6-15(10)20-16/h1-8,14,19H,9H2. The molecular formula is C16H12F2O2S. The van der Waals surface area contributed by atoms with Gasteiger partial charge >= 0.3 is 0 Å². The normalized spacial score (nSPS) is 12.7. The lowest BCUT2D eigenvalue weighted by molar-refractivity contribution is 0.177. The second-order valence-corrected chi connectivity index (χ2v) is 5.71. The molecule has 5 heteroatoms. The molecule has 2 aromatic carbocycles. The zero-order valence-electron chi connectivity index (χ0n) is 10.9. The molecule has 0 saturated carbocycles. The zero-order chi connectivity index (χ0) is 14.8. The van der Waals surface area contributed by atoms with E-state index in [1.165, 1.54) is 42.1 Å². The van der Waals surface area contributed by atoms with Crippen LogP contribution in [0.15, 0.2) is 57.8 Å². The van der Waals surface area contributed by atoms with Gasteiger partial charge in [-0.15, -0.1) is 11.8 Å². The van der Waals surface area contributed by atoms with Crippen LogP contribution in [0.25, 0.3) is 11.0 Å². The van der Waals surface area contributed by atoms with E-state index < -0.39 is 6.10 Å². The van der Waals surface area contributed by atoms with Crippen LogP contribution >= 0.6 is 11.8 Å².